The summed E-state index contributed by atoms with van der Waals surface area (Å²) in [6.07, 6.45) is 11.3. The van der Waals surface area contributed by atoms with E-state index >= 15 is 0 Å². The second kappa shape index (κ2) is 13.2. The molecule has 0 aliphatic carbocycles. The summed E-state index contributed by atoms with van der Waals surface area (Å²) in [6.45, 7) is 2.22. The number of rotatable bonds is 14. The minimum absolute atomic E-state index is 0.121. The summed E-state index contributed by atoms with van der Waals surface area (Å²) in [7, 11) is 1.56. The van der Waals surface area contributed by atoms with Crippen molar-refractivity contribution in [1.29, 1.82) is 0 Å². The largest absolute Gasteiger partial charge is 0.508 e. The summed E-state index contributed by atoms with van der Waals surface area (Å²) in [5.41, 5.74) is 0.780. The highest BCUT2D eigenvalue weighted by Gasteiger charge is 2.26. The highest BCUT2D eigenvalue weighted by molar-refractivity contribution is 5.83. The topological polar surface area (TPSA) is 77.8 Å². The summed E-state index contributed by atoms with van der Waals surface area (Å²) in [4.78, 5) is 25.3. The molecule has 1 atom stereocenters. The molecule has 1 aromatic rings. The maximum absolute atomic E-state index is 12.4. The van der Waals surface area contributed by atoms with Crippen LogP contribution in [0, 0.1) is 0 Å². The number of unbranched alkanes of at least 4 members (excludes halogenated alkanes) is 8. The summed E-state index contributed by atoms with van der Waals surface area (Å²) < 4.78 is 0. The molecule has 0 aromatic heterocycles. The van der Waals surface area contributed by atoms with Crippen LogP contribution < -0.4 is 0 Å². The Bertz CT molecular complexity index is 556. The van der Waals surface area contributed by atoms with Crippen LogP contribution in [0.3, 0.4) is 0 Å². The van der Waals surface area contributed by atoms with Gasteiger partial charge in [0.15, 0.2) is 0 Å². The average molecular weight is 378 g/mol. The smallest absolute Gasteiger partial charge is 0.326 e. The lowest BCUT2D eigenvalue weighted by molar-refractivity contribution is -0.149. The summed E-state index contributed by atoms with van der Waals surface area (Å²) in [5.74, 6) is -0.990. The van der Waals surface area contributed by atoms with Crippen LogP contribution in [0.25, 0.3) is 0 Å². The number of carboxylic acid groups (broad SMARTS) is 1. The van der Waals surface area contributed by atoms with Crippen LogP contribution in [0.2, 0.25) is 0 Å². The van der Waals surface area contributed by atoms with Crippen LogP contribution in [0.1, 0.15) is 76.7 Å². The van der Waals surface area contributed by atoms with E-state index in [0.29, 0.717) is 6.42 Å². The summed E-state index contributed by atoms with van der Waals surface area (Å²) in [5, 5.41) is 18.8. The standard InChI is InChI=1S/C22H35NO4/c1-3-4-5-6-7-8-9-10-11-12-21(25)23(2)20(22(26)27)17-18-13-15-19(24)16-14-18/h13-16,20,24H,3-12,17H2,1-2H3,(H,26,27)/t20-/m0/s1. The Morgan fingerprint density at radius 3 is 1.96 bits per heavy atom. The predicted octanol–water partition coefficient (Wildman–Crippen LogP) is 4.77. The molecule has 0 heterocycles. The van der Waals surface area contributed by atoms with Crippen LogP contribution >= 0.6 is 0 Å². The SMILES string of the molecule is CCCCCCCCCCCC(=O)N(C)[C@@H](Cc1ccc(O)cc1)C(=O)O. The number of likely N-dealkylation sites (N-methyl/N-ethyl adjacent to an activating group) is 1. The number of phenols is 1. The molecule has 1 rings (SSSR count). The molecule has 0 saturated heterocycles. The van der Waals surface area contributed by atoms with E-state index in [-0.39, 0.29) is 18.1 Å². The first-order valence-electron chi connectivity index (χ1n) is 10.2. The molecule has 0 bridgehead atoms. The minimum Gasteiger partial charge on any atom is -0.508 e. The third-order valence-corrected chi connectivity index (χ3v) is 5.01. The van der Waals surface area contributed by atoms with Crippen molar-refractivity contribution in [3.63, 3.8) is 0 Å². The van der Waals surface area contributed by atoms with Crippen molar-refractivity contribution in [1.82, 2.24) is 4.90 Å². The fourth-order valence-corrected chi connectivity index (χ4v) is 3.18. The fourth-order valence-electron chi connectivity index (χ4n) is 3.18. The number of hydrogen-bond donors (Lipinski definition) is 2. The van der Waals surface area contributed by atoms with Crippen LogP contribution in [-0.4, -0.2) is 40.1 Å². The van der Waals surface area contributed by atoms with Crippen molar-refractivity contribution in [3.05, 3.63) is 29.8 Å². The van der Waals surface area contributed by atoms with Crippen molar-refractivity contribution in [2.24, 2.45) is 0 Å². The molecule has 0 spiro atoms. The number of aromatic hydroxyl groups is 1. The fraction of sp³-hybridized carbons (Fsp3) is 0.636. The first-order valence-corrected chi connectivity index (χ1v) is 10.2. The molecule has 0 radical (unpaired) electrons. The van der Waals surface area contributed by atoms with Crippen LogP contribution in [0.15, 0.2) is 24.3 Å². The molecule has 152 valence electrons. The van der Waals surface area contributed by atoms with Crippen LogP contribution in [0.5, 0.6) is 5.75 Å². The second-order valence-corrected chi connectivity index (χ2v) is 7.31. The zero-order chi connectivity index (χ0) is 20.1. The van der Waals surface area contributed by atoms with Crippen molar-refractivity contribution in [2.45, 2.75) is 83.6 Å². The van der Waals surface area contributed by atoms with Crippen molar-refractivity contribution in [2.75, 3.05) is 7.05 Å². The zero-order valence-corrected chi connectivity index (χ0v) is 16.8. The Morgan fingerprint density at radius 1 is 0.926 bits per heavy atom. The summed E-state index contributed by atoms with van der Waals surface area (Å²) in [6, 6.07) is 5.53. The lowest BCUT2D eigenvalue weighted by atomic mass is 10.0. The Balaban J connectivity index is 2.32. The Labute approximate surface area is 163 Å². The average Bonchev–Trinajstić information content (AvgIpc) is 2.65. The van der Waals surface area contributed by atoms with E-state index in [1.807, 2.05) is 0 Å². The van der Waals surface area contributed by atoms with Crippen molar-refractivity contribution < 1.29 is 19.8 Å². The van der Waals surface area contributed by atoms with E-state index in [2.05, 4.69) is 6.92 Å². The molecule has 27 heavy (non-hydrogen) atoms. The third-order valence-electron chi connectivity index (χ3n) is 5.01. The number of aliphatic carboxylic acids is 1. The molecule has 0 aliphatic heterocycles. The molecule has 0 unspecified atom stereocenters. The van der Waals surface area contributed by atoms with E-state index in [4.69, 9.17) is 0 Å². The number of carbonyl (C=O) groups is 2. The molecule has 0 fully saturated rings. The quantitative estimate of drug-likeness (QED) is 0.458. The van der Waals surface area contributed by atoms with Gasteiger partial charge in [-0.1, -0.05) is 70.4 Å². The molecular formula is C22H35NO4. The van der Waals surface area contributed by atoms with Crippen molar-refractivity contribution >= 4 is 11.9 Å². The minimum atomic E-state index is -1.01. The van der Waals surface area contributed by atoms with E-state index in [1.54, 1.807) is 19.2 Å². The van der Waals surface area contributed by atoms with Crippen molar-refractivity contribution in [3.8, 4) is 5.75 Å². The highest BCUT2D eigenvalue weighted by Crippen LogP contribution is 2.15. The monoisotopic (exact) mass is 377 g/mol. The lowest BCUT2D eigenvalue weighted by Gasteiger charge is -2.25. The van der Waals surface area contributed by atoms with E-state index < -0.39 is 12.0 Å². The molecule has 2 N–H and O–H groups in total. The Kier molecular flexibility index (Phi) is 11.2. The van der Waals surface area contributed by atoms with Gasteiger partial charge in [0, 0.05) is 19.9 Å². The highest BCUT2D eigenvalue weighted by atomic mass is 16.4. The third kappa shape index (κ3) is 9.45. The molecule has 5 nitrogen and oxygen atoms in total. The van der Waals surface area contributed by atoms with Gasteiger partial charge in [0.2, 0.25) is 5.91 Å². The molecular weight excluding hydrogens is 342 g/mol. The summed E-state index contributed by atoms with van der Waals surface area (Å²) >= 11 is 0. The molecule has 0 saturated carbocycles. The van der Waals surface area contributed by atoms with E-state index in [9.17, 15) is 19.8 Å². The van der Waals surface area contributed by atoms with Gasteiger partial charge in [0.05, 0.1) is 0 Å². The number of phenolic OH excluding ortho intramolecular Hbond substituents is 1. The number of nitrogens with zero attached hydrogens (tertiary/aromatic N) is 1. The van der Waals surface area contributed by atoms with Crippen LogP contribution in [-0.2, 0) is 16.0 Å². The van der Waals surface area contributed by atoms with E-state index in [0.717, 1.165) is 24.8 Å². The molecule has 0 aliphatic rings. The number of carbonyl (C=O) groups excluding carboxylic acids is 1. The Hall–Kier alpha value is -2.04. The Morgan fingerprint density at radius 2 is 1.44 bits per heavy atom. The molecule has 1 amide bonds. The van der Waals surface area contributed by atoms with Gasteiger partial charge in [0.1, 0.15) is 11.8 Å². The first kappa shape index (κ1) is 23.0. The van der Waals surface area contributed by atoms with Gasteiger partial charge in [-0.05, 0) is 24.1 Å². The van der Waals surface area contributed by atoms with Gasteiger partial charge in [-0.15, -0.1) is 0 Å². The number of carboxylic acids is 1. The predicted molar refractivity (Wildman–Crippen MR) is 108 cm³/mol. The van der Waals surface area contributed by atoms with Crippen LogP contribution in [0.4, 0.5) is 0 Å². The number of amides is 1. The maximum atomic E-state index is 12.4. The van der Waals surface area contributed by atoms with Gasteiger partial charge >= 0.3 is 5.97 Å². The van der Waals surface area contributed by atoms with Gasteiger partial charge in [0.25, 0.3) is 0 Å². The lowest BCUT2D eigenvalue weighted by Crippen LogP contribution is -2.43. The maximum Gasteiger partial charge on any atom is 0.326 e. The second-order valence-electron chi connectivity index (χ2n) is 7.31. The molecule has 5 heteroatoms. The van der Waals surface area contributed by atoms with Gasteiger partial charge in [-0.3, -0.25) is 4.79 Å². The number of hydrogen-bond acceptors (Lipinski definition) is 3. The first-order chi connectivity index (χ1) is 13.0. The normalized spacial score (nSPS) is 11.9. The van der Waals surface area contributed by atoms with Gasteiger partial charge in [-0.25, -0.2) is 4.79 Å². The zero-order valence-electron chi connectivity index (χ0n) is 16.8. The van der Waals surface area contributed by atoms with E-state index in [1.165, 1.54) is 55.6 Å². The van der Waals surface area contributed by atoms with Gasteiger partial charge in [-0.2, -0.15) is 0 Å². The van der Waals surface area contributed by atoms with Gasteiger partial charge < -0.3 is 15.1 Å². The number of benzene rings is 1. The molecule has 1 aromatic carbocycles.